The van der Waals surface area contributed by atoms with Crippen LogP contribution in [0.15, 0.2) is 9.59 Å². The number of fused-ring (bicyclic) bond motifs is 3. The van der Waals surface area contributed by atoms with Crippen molar-refractivity contribution in [3.05, 3.63) is 32.2 Å². The zero-order valence-electron chi connectivity index (χ0n) is 15.7. The maximum Gasteiger partial charge on any atom is 0.332 e. The van der Waals surface area contributed by atoms with Gasteiger partial charge in [-0.3, -0.25) is 23.2 Å². The molecular formula is C17H24N6O3. The van der Waals surface area contributed by atoms with E-state index in [0.717, 1.165) is 24.5 Å². The number of hydrogen-bond donors (Lipinski definition) is 0. The molecule has 9 heteroatoms. The Bertz CT molecular complexity index is 1110. The van der Waals surface area contributed by atoms with Crippen LogP contribution >= 0.6 is 0 Å². The molecule has 0 unspecified atom stereocenters. The van der Waals surface area contributed by atoms with Crippen molar-refractivity contribution in [1.82, 2.24) is 28.0 Å². The first-order chi connectivity index (χ1) is 12.4. The van der Waals surface area contributed by atoms with Gasteiger partial charge in [-0.2, -0.15) is 4.98 Å². The van der Waals surface area contributed by atoms with E-state index in [1.54, 1.807) is 7.05 Å². The van der Waals surface area contributed by atoms with Crippen LogP contribution in [-0.4, -0.2) is 60.8 Å². The van der Waals surface area contributed by atoms with Crippen LogP contribution < -0.4 is 11.2 Å². The molecule has 0 N–H and O–H groups in total. The van der Waals surface area contributed by atoms with E-state index in [1.165, 1.54) is 9.13 Å². The van der Waals surface area contributed by atoms with Gasteiger partial charge in [0.05, 0.1) is 13.2 Å². The molecule has 0 radical (unpaired) electrons. The fraction of sp³-hybridized carbons (Fsp3) is 0.588. The average Bonchev–Trinajstić information content (AvgIpc) is 3.14. The van der Waals surface area contributed by atoms with Crippen molar-refractivity contribution in [3.63, 3.8) is 0 Å². The second kappa shape index (κ2) is 6.10. The molecule has 3 aromatic heterocycles. The molecule has 0 amide bonds. The number of rotatable bonds is 3. The Morgan fingerprint density at radius 2 is 1.69 bits per heavy atom. The minimum absolute atomic E-state index is 0.280. The summed E-state index contributed by atoms with van der Waals surface area (Å²) < 4.78 is 11.9. The molecule has 1 aliphatic heterocycles. The van der Waals surface area contributed by atoms with Gasteiger partial charge in [0.15, 0.2) is 11.2 Å². The second-order valence-electron chi connectivity index (χ2n) is 6.90. The normalized spacial score (nSPS) is 16.2. The van der Waals surface area contributed by atoms with Gasteiger partial charge in [-0.25, -0.2) is 4.79 Å². The van der Waals surface area contributed by atoms with Crippen molar-refractivity contribution in [2.45, 2.75) is 20.4 Å². The zero-order valence-corrected chi connectivity index (χ0v) is 15.7. The summed E-state index contributed by atoms with van der Waals surface area (Å²) in [6.07, 6.45) is 0. The van der Waals surface area contributed by atoms with Gasteiger partial charge in [-0.15, -0.1) is 0 Å². The molecule has 0 spiro atoms. The van der Waals surface area contributed by atoms with E-state index in [9.17, 15) is 9.59 Å². The Kier molecular flexibility index (Phi) is 4.00. The third kappa shape index (κ3) is 2.34. The minimum atomic E-state index is -0.325. The molecule has 0 atom stereocenters. The summed E-state index contributed by atoms with van der Waals surface area (Å²) in [6.45, 7) is 8.00. The van der Waals surface area contributed by atoms with Gasteiger partial charge in [-0.05, 0) is 13.8 Å². The summed E-state index contributed by atoms with van der Waals surface area (Å²) in [5.74, 6) is 0.674. The molecular weight excluding hydrogens is 336 g/mol. The van der Waals surface area contributed by atoms with Crippen molar-refractivity contribution in [2.75, 3.05) is 32.8 Å². The molecule has 1 saturated heterocycles. The first-order valence-corrected chi connectivity index (χ1v) is 8.85. The average molecular weight is 360 g/mol. The van der Waals surface area contributed by atoms with Gasteiger partial charge >= 0.3 is 5.69 Å². The molecule has 0 bridgehead atoms. The smallest absolute Gasteiger partial charge is 0.332 e. The highest BCUT2D eigenvalue weighted by Gasteiger charge is 2.21. The maximum absolute atomic E-state index is 13.2. The van der Waals surface area contributed by atoms with E-state index in [0.29, 0.717) is 43.2 Å². The van der Waals surface area contributed by atoms with Gasteiger partial charge < -0.3 is 9.30 Å². The van der Waals surface area contributed by atoms with Gasteiger partial charge in [0.1, 0.15) is 0 Å². The van der Waals surface area contributed by atoms with Crippen LogP contribution in [0, 0.1) is 13.8 Å². The minimum Gasteiger partial charge on any atom is -0.379 e. The van der Waals surface area contributed by atoms with Crippen molar-refractivity contribution in [3.8, 4) is 0 Å². The van der Waals surface area contributed by atoms with E-state index in [-0.39, 0.29) is 11.2 Å². The summed E-state index contributed by atoms with van der Waals surface area (Å²) in [5.41, 5.74) is 2.29. The highest BCUT2D eigenvalue weighted by molar-refractivity contribution is 5.76. The molecule has 9 nitrogen and oxygen atoms in total. The van der Waals surface area contributed by atoms with E-state index in [1.807, 2.05) is 29.9 Å². The Labute approximate surface area is 150 Å². The second-order valence-corrected chi connectivity index (χ2v) is 6.90. The van der Waals surface area contributed by atoms with Crippen LogP contribution in [0.25, 0.3) is 16.9 Å². The summed E-state index contributed by atoms with van der Waals surface area (Å²) in [4.78, 5) is 32.7. The molecule has 0 saturated carbocycles. The van der Waals surface area contributed by atoms with Crippen molar-refractivity contribution in [2.24, 2.45) is 14.1 Å². The Hall–Kier alpha value is -2.39. The van der Waals surface area contributed by atoms with Gasteiger partial charge in [0.25, 0.3) is 5.56 Å². The quantitative estimate of drug-likeness (QED) is 0.637. The lowest BCUT2D eigenvalue weighted by molar-refractivity contribution is 0.0361. The van der Waals surface area contributed by atoms with Crippen LogP contribution in [0.5, 0.6) is 0 Å². The monoisotopic (exact) mass is 360 g/mol. The number of imidazole rings is 2. The van der Waals surface area contributed by atoms with Crippen LogP contribution in [0.2, 0.25) is 0 Å². The lowest BCUT2D eigenvalue weighted by Gasteiger charge is -2.26. The van der Waals surface area contributed by atoms with Gasteiger partial charge in [0.2, 0.25) is 5.78 Å². The number of aryl methyl sites for hydroxylation is 3. The van der Waals surface area contributed by atoms with Crippen LogP contribution in [-0.2, 0) is 25.4 Å². The van der Waals surface area contributed by atoms with Gasteiger partial charge in [-0.1, -0.05) is 0 Å². The predicted octanol–water partition coefficient (Wildman–Crippen LogP) is -0.365. The van der Waals surface area contributed by atoms with E-state index < -0.39 is 0 Å². The predicted molar refractivity (Wildman–Crippen MR) is 97.9 cm³/mol. The Morgan fingerprint density at radius 3 is 2.38 bits per heavy atom. The molecule has 0 aliphatic carbocycles. The van der Waals surface area contributed by atoms with E-state index in [4.69, 9.17) is 4.74 Å². The fourth-order valence-corrected chi connectivity index (χ4v) is 3.67. The summed E-state index contributed by atoms with van der Waals surface area (Å²) in [7, 11) is 3.59. The number of ether oxygens (including phenoxy) is 1. The molecule has 0 aromatic carbocycles. The lowest BCUT2D eigenvalue weighted by Crippen LogP contribution is -2.44. The zero-order chi connectivity index (χ0) is 18.6. The fourth-order valence-electron chi connectivity index (χ4n) is 3.67. The molecule has 140 valence electrons. The highest BCUT2D eigenvalue weighted by Crippen LogP contribution is 2.19. The summed E-state index contributed by atoms with van der Waals surface area (Å²) in [6, 6.07) is 0. The van der Waals surface area contributed by atoms with Gasteiger partial charge in [0, 0.05) is 51.7 Å². The van der Waals surface area contributed by atoms with E-state index >= 15 is 0 Å². The van der Waals surface area contributed by atoms with Crippen LogP contribution in [0.3, 0.4) is 0 Å². The SMILES string of the molecule is Cc1c(C)n2c3c(=O)n(CCN4CCOCC4)c(=O)n(C)c3nc2n1C. The Morgan fingerprint density at radius 1 is 1.00 bits per heavy atom. The Balaban J connectivity index is 1.88. The highest BCUT2D eigenvalue weighted by atomic mass is 16.5. The molecule has 3 aromatic rings. The van der Waals surface area contributed by atoms with Crippen LogP contribution in [0.1, 0.15) is 11.4 Å². The topological polar surface area (TPSA) is 78.7 Å². The van der Waals surface area contributed by atoms with Crippen LogP contribution in [0.4, 0.5) is 0 Å². The van der Waals surface area contributed by atoms with Crippen molar-refractivity contribution < 1.29 is 4.74 Å². The van der Waals surface area contributed by atoms with Crippen molar-refractivity contribution >= 4 is 16.9 Å². The molecule has 4 rings (SSSR count). The summed E-state index contributed by atoms with van der Waals surface area (Å²) >= 11 is 0. The third-order valence-corrected chi connectivity index (χ3v) is 5.53. The maximum atomic E-state index is 13.2. The molecule has 26 heavy (non-hydrogen) atoms. The molecule has 1 fully saturated rings. The first kappa shape index (κ1) is 17.0. The largest absolute Gasteiger partial charge is 0.379 e. The number of morpholine rings is 1. The first-order valence-electron chi connectivity index (χ1n) is 8.85. The number of hydrogen-bond acceptors (Lipinski definition) is 5. The van der Waals surface area contributed by atoms with E-state index in [2.05, 4.69) is 9.88 Å². The van der Waals surface area contributed by atoms with Crippen molar-refractivity contribution in [1.29, 1.82) is 0 Å². The molecule has 4 heterocycles. The molecule has 1 aliphatic rings. The third-order valence-electron chi connectivity index (χ3n) is 5.53. The summed E-state index contributed by atoms with van der Waals surface area (Å²) in [5, 5.41) is 0. The lowest BCUT2D eigenvalue weighted by atomic mass is 10.3. The number of nitrogens with zero attached hydrogens (tertiary/aromatic N) is 6. The standard InChI is InChI=1S/C17H24N6O3/c1-11-12(2)23-13-14(18-16(23)19(11)3)20(4)17(25)22(15(13)24)6-5-21-7-9-26-10-8-21/h5-10H2,1-4H3. The number of aromatic nitrogens is 5.